The van der Waals surface area contributed by atoms with Gasteiger partial charge in [0.25, 0.3) is 0 Å². The van der Waals surface area contributed by atoms with Gasteiger partial charge >= 0.3 is 12.1 Å². The van der Waals surface area contributed by atoms with Gasteiger partial charge in [0.15, 0.2) is 5.78 Å². The quantitative estimate of drug-likeness (QED) is 0.166. The molecule has 3 aromatic carbocycles. The number of nitrogens with zero attached hydrogens (tertiary/aromatic N) is 1. The van der Waals surface area contributed by atoms with Gasteiger partial charge in [0.1, 0.15) is 24.0 Å². The van der Waals surface area contributed by atoms with Gasteiger partial charge in [-0.05, 0) is 113 Å². The number of ether oxygens (including phenoxy) is 2. The molecule has 0 bridgehead atoms. The predicted octanol–water partition coefficient (Wildman–Crippen LogP) is 6.59. The second-order valence-corrected chi connectivity index (χ2v) is 15.2. The molecule has 0 heterocycles. The van der Waals surface area contributed by atoms with Crippen LogP contribution in [0.4, 0.5) is 4.79 Å². The molecular formula is C43H51N3O8. The smallest absolute Gasteiger partial charge is 0.410 e. The lowest BCUT2D eigenvalue weighted by Gasteiger charge is -2.33. The van der Waals surface area contributed by atoms with Crippen LogP contribution in [0.25, 0.3) is 0 Å². The predicted molar refractivity (Wildman–Crippen MR) is 204 cm³/mol. The summed E-state index contributed by atoms with van der Waals surface area (Å²) >= 11 is 0. The molecule has 286 valence electrons. The third-order valence-corrected chi connectivity index (χ3v) is 10.1. The van der Waals surface area contributed by atoms with Crippen molar-refractivity contribution in [3.8, 4) is 5.75 Å². The Hall–Kier alpha value is -5.45. The van der Waals surface area contributed by atoms with Gasteiger partial charge in [0.2, 0.25) is 11.8 Å². The zero-order valence-electron chi connectivity index (χ0n) is 31.7. The number of likely N-dealkylation sites (N-methyl/N-ethyl adjacent to an activating group) is 1. The zero-order valence-corrected chi connectivity index (χ0v) is 31.7. The second-order valence-electron chi connectivity index (χ2n) is 15.2. The number of allylic oxidation sites excluding steroid dienone is 2. The lowest BCUT2D eigenvalue weighted by molar-refractivity contribution is -0.137. The molecule has 11 heteroatoms. The fourth-order valence-corrected chi connectivity index (χ4v) is 6.91. The number of fused-ring (bicyclic) bond motifs is 1. The molecule has 0 radical (unpaired) electrons. The highest BCUT2D eigenvalue weighted by molar-refractivity contribution is 5.96. The molecule has 0 aromatic heterocycles. The average molecular weight is 738 g/mol. The first-order valence-corrected chi connectivity index (χ1v) is 18.6. The zero-order chi connectivity index (χ0) is 39.0. The molecule has 5 atom stereocenters. The van der Waals surface area contributed by atoms with Crippen LogP contribution in [-0.4, -0.2) is 64.4 Å². The maximum Gasteiger partial charge on any atom is 0.410 e. The Labute approximate surface area is 317 Å². The van der Waals surface area contributed by atoms with Crippen LogP contribution < -0.4 is 15.4 Å². The highest BCUT2D eigenvalue weighted by atomic mass is 16.6. The number of ketones is 1. The normalized spacial score (nSPS) is 19.0. The van der Waals surface area contributed by atoms with E-state index in [9.17, 15) is 24.0 Å². The van der Waals surface area contributed by atoms with Gasteiger partial charge in [-0.2, -0.15) is 0 Å². The molecule has 0 saturated carbocycles. The third-order valence-electron chi connectivity index (χ3n) is 10.1. The van der Waals surface area contributed by atoms with Crippen LogP contribution in [0.15, 0.2) is 84.9 Å². The topological polar surface area (TPSA) is 151 Å². The Kier molecular flexibility index (Phi) is 12.9. The summed E-state index contributed by atoms with van der Waals surface area (Å²) in [6.45, 7) is 7.02. The molecular weight excluding hydrogens is 686 g/mol. The number of carbonyl (C=O) groups is 5. The maximum atomic E-state index is 14.6. The van der Waals surface area contributed by atoms with Gasteiger partial charge in [0, 0.05) is 13.0 Å². The fraction of sp³-hybridized carbons (Fsp3) is 0.419. The van der Waals surface area contributed by atoms with Crippen LogP contribution in [-0.2, 0) is 38.6 Å². The molecule has 2 aliphatic carbocycles. The fourth-order valence-electron chi connectivity index (χ4n) is 6.91. The van der Waals surface area contributed by atoms with E-state index in [0.29, 0.717) is 18.6 Å². The van der Waals surface area contributed by atoms with Gasteiger partial charge in [-0.1, -0.05) is 60.7 Å². The molecule has 2 unspecified atom stereocenters. The summed E-state index contributed by atoms with van der Waals surface area (Å²) in [4.78, 5) is 67.4. The number of benzene rings is 3. The highest BCUT2D eigenvalue weighted by Crippen LogP contribution is 2.33. The first-order chi connectivity index (χ1) is 25.7. The van der Waals surface area contributed by atoms with Crippen LogP contribution >= 0.6 is 0 Å². The van der Waals surface area contributed by atoms with Crippen molar-refractivity contribution in [1.82, 2.24) is 15.5 Å². The maximum absolute atomic E-state index is 14.6. The van der Waals surface area contributed by atoms with Crippen molar-refractivity contribution in [2.75, 3.05) is 7.05 Å². The van der Waals surface area contributed by atoms with Gasteiger partial charge in [0.05, 0.1) is 23.6 Å². The molecule has 11 nitrogen and oxygen atoms in total. The van der Waals surface area contributed by atoms with Crippen LogP contribution in [0.1, 0.15) is 92.0 Å². The van der Waals surface area contributed by atoms with Gasteiger partial charge < -0.3 is 25.2 Å². The number of carbonyl (C=O) groups excluding carboxylic acids is 4. The van der Waals surface area contributed by atoms with E-state index < -0.39 is 47.5 Å². The molecule has 0 spiro atoms. The van der Waals surface area contributed by atoms with Crippen LogP contribution in [0, 0.1) is 11.8 Å². The molecule has 0 aliphatic heterocycles. The largest absolute Gasteiger partial charge is 0.489 e. The lowest BCUT2D eigenvalue weighted by atomic mass is 9.76. The molecule has 3 N–H and O–H groups in total. The first kappa shape index (κ1) is 39.8. The summed E-state index contributed by atoms with van der Waals surface area (Å²) < 4.78 is 11.4. The number of hydrogen-bond acceptors (Lipinski definition) is 7. The summed E-state index contributed by atoms with van der Waals surface area (Å²) in [6, 6.07) is 19.7. The van der Waals surface area contributed by atoms with Crippen LogP contribution in [0.2, 0.25) is 0 Å². The van der Waals surface area contributed by atoms with Crippen molar-refractivity contribution in [1.29, 1.82) is 0 Å². The van der Waals surface area contributed by atoms with E-state index in [0.717, 1.165) is 36.0 Å². The standard InChI is InChI=1S/C43H51N3O8/c1-27(46(5)42(52)54-43(2,3)4)39(48)45-37(25-28-19-23-32(24-20-28)53-26-29-17-21-31(22-18-29)41(50)51)38(47)34-14-8-9-15-35(34)40(49)44-36-16-10-12-30-11-6-7-13-33(30)36/h6-9,11,13,17-24,27,34-37H,10,12,14-16,25-26H2,1-5H3,(H,44,49)(H,45,48)(H,50,51)/t27?,34-,35-,36-,37?/m1/s1. The molecule has 54 heavy (non-hydrogen) atoms. The summed E-state index contributed by atoms with van der Waals surface area (Å²) in [5, 5.41) is 15.3. The second kappa shape index (κ2) is 17.6. The number of aryl methyl sites for hydroxylation is 1. The van der Waals surface area contributed by atoms with E-state index in [1.54, 1.807) is 52.0 Å². The molecule has 0 fully saturated rings. The Balaban J connectivity index is 1.33. The minimum atomic E-state index is -1.00. The molecule has 0 saturated heterocycles. The number of nitrogens with one attached hydrogen (secondary N) is 2. The van der Waals surface area contributed by atoms with Crippen molar-refractivity contribution in [3.63, 3.8) is 0 Å². The number of amides is 3. The van der Waals surface area contributed by atoms with E-state index in [4.69, 9.17) is 14.6 Å². The van der Waals surface area contributed by atoms with E-state index in [1.165, 1.54) is 29.6 Å². The molecule has 5 rings (SSSR count). The SMILES string of the molecule is CC(C(=O)NC(Cc1ccc(OCc2ccc(C(=O)O)cc2)cc1)C(=O)[C@@H]1CC=CC[C@H]1C(=O)N[C@@H]1CCCc2ccccc21)N(C)C(=O)OC(C)(C)C. The van der Waals surface area contributed by atoms with E-state index in [-0.39, 0.29) is 36.3 Å². The molecule has 3 amide bonds. The molecule has 2 aliphatic rings. The number of aromatic carboxylic acids is 1. The number of hydrogen-bond donors (Lipinski definition) is 3. The van der Waals surface area contributed by atoms with Gasteiger partial charge in [-0.15, -0.1) is 0 Å². The lowest BCUT2D eigenvalue weighted by Crippen LogP contribution is -2.54. The van der Waals surface area contributed by atoms with Gasteiger partial charge in [-0.25, -0.2) is 9.59 Å². The monoisotopic (exact) mass is 737 g/mol. The van der Waals surface area contributed by atoms with Crippen molar-refractivity contribution in [3.05, 3.63) is 113 Å². The van der Waals surface area contributed by atoms with Crippen molar-refractivity contribution in [2.24, 2.45) is 11.8 Å². The summed E-state index contributed by atoms with van der Waals surface area (Å²) in [6.07, 6.45) is 6.85. The van der Waals surface area contributed by atoms with E-state index in [2.05, 4.69) is 22.8 Å². The molecule has 3 aromatic rings. The van der Waals surface area contributed by atoms with Crippen molar-refractivity contribution >= 4 is 29.7 Å². The van der Waals surface area contributed by atoms with E-state index >= 15 is 0 Å². The Morgan fingerprint density at radius 1 is 0.889 bits per heavy atom. The van der Waals surface area contributed by atoms with Crippen LogP contribution in [0.5, 0.6) is 5.75 Å². The number of carboxylic acids is 1. The minimum absolute atomic E-state index is 0.131. The van der Waals surface area contributed by atoms with Crippen molar-refractivity contribution in [2.45, 2.75) is 96.6 Å². The van der Waals surface area contributed by atoms with Gasteiger partial charge in [-0.3, -0.25) is 19.3 Å². The Bertz CT molecular complexity index is 1850. The average Bonchev–Trinajstić information content (AvgIpc) is 3.16. The summed E-state index contributed by atoms with van der Waals surface area (Å²) in [7, 11) is 1.48. The van der Waals surface area contributed by atoms with Crippen LogP contribution in [0.3, 0.4) is 0 Å². The number of carboxylic acid groups (broad SMARTS) is 1. The Morgan fingerprint density at radius 2 is 1.54 bits per heavy atom. The third kappa shape index (κ3) is 10.4. The number of Topliss-reactive ketones (excluding diaryl/α,β-unsaturated/α-hetero) is 1. The minimum Gasteiger partial charge on any atom is -0.489 e. The highest BCUT2D eigenvalue weighted by Gasteiger charge is 2.39. The van der Waals surface area contributed by atoms with Crippen molar-refractivity contribution < 1.29 is 38.6 Å². The Morgan fingerprint density at radius 3 is 2.20 bits per heavy atom. The number of rotatable bonds is 13. The summed E-state index contributed by atoms with van der Waals surface area (Å²) in [5.74, 6) is -2.68. The summed E-state index contributed by atoms with van der Waals surface area (Å²) in [5.41, 5.74) is 3.33. The van der Waals surface area contributed by atoms with E-state index in [1.807, 2.05) is 36.4 Å². The first-order valence-electron chi connectivity index (χ1n) is 18.6.